The first-order valence-corrected chi connectivity index (χ1v) is 14.9. The van der Waals surface area contributed by atoms with Crippen LogP contribution in [0.1, 0.15) is 112 Å². The van der Waals surface area contributed by atoms with E-state index in [1.807, 2.05) is 0 Å². The number of esters is 1. The number of halogens is 2. The van der Waals surface area contributed by atoms with Gasteiger partial charge in [-0.1, -0.05) is 77.1 Å². The predicted molar refractivity (Wildman–Crippen MR) is 138 cm³/mol. The molecule has 4 rings (SSSR count). The lowest BCUT2D eigenvalue weighted by Crippen LogP contribution is -2.54. The fourth-order valence-corrected chi connectivity index (χ4v) is 9.67. The Kier molecular flexibility index (Phi) is 8.07. The quantitative estimate of drug-likeness (QED) is 0.258. The summed E-state index contributed by atoms with van der Waals surface area (Å²) in [6, 6.07) is 0. The number of rotatable bonds is 7. The van der Waals surface area contributed by atoms with Crippen LogP contribution in [0.3, 0.4) is 0 Å². The minimum atomic E-state index is -1.06. The maximum atomic E-state index is 11.9. The molecule has 4 fully saturated rings. The average Bonchev–Trinajstić information content (AvgIpc) is 3.11. The van der Waals surface area contributed by atoms with Crippen molar-refractivity contribution in [2.45, 2.75) is 123 Å². The molecule has 4 saturated carbocycles. The molecule has 4 aliphatic carbocycles. The largest absolute Gasteiger partial charge is 0.460 e. The van der Waals surface area contributed by atoms with Gasteiger partial charge in [0.1, 0.15) is 6.10 Å². The van der Waals surface area contributed by atoms with Crippen LogP contribution in [0.25, 0.3) is 0 Å². The molecule has 4 heteroatoms. The van der Waals surface area contributed by atoms with Gasteiger partial charge in [-0.15, -0.1) is 0 Å². The van der Waals surface area contributed by atoms with Crippen LogP contribution in [0.2, 0.25) is 0 Å². The first-order valence-electron chi connectivity index (χ1n) is 14.0. The van der Waals surface area contributed by atoms with Crippen LogP contribution in [-0.2, 0) is 9.53 Å². The summed E-state index contributed by atoms with van der Waals surface area (Å²) in [5, 5.41) is 0. The van der Waals surface area contributed by atoms with Crippen molar-refractivity contribution in [2.24, 2.45) is 52.3 Å². The molecule has 0 spiro atoms. The molecule has 0 aromatic carbocycles. The molecule has 0 aromatic heterocycles. The molecule has 33 heavy (non-hydrogen) atoms. The Bertz CT molecular complexity index is 693. The molecule has 190 valence electrons. The molecule has 0 aromatic rings. The Balaban J connectivity index is 1.41. The maximum Gasteiger partial charge on any atom is 0.339 e. The predicted octanol–water partition coefficient (Wildman–Crippen LogP) is 8.82. The van der Waals surface area contributed by atoms with Crippen LogP contribution in [0, 0.1) is 52.3 Å². The van der Waals surface area contributed by atoms with Crippen molar-refractivity contribution < 1.29 is 9.53 Å². The van der Waals surface area contributed by atoms with Crippen molar-refractivity contribution in [3.63, 3.8) is 0 Å². The topological polar surface area (TPSA) is 26.3 Å². The van der Waals surface area contributed by atoms with E-state index in [-0.39, 0.29) is 6.10 Å². The van der Waals surface area contributed by atoms with E-state index in [0.29, 0.717) is 16.7 Å². The summed E-state index contributed by atoms with van der Waals surface area (Å²) >= 11 is 11.5. The molecule has 0 saturated heterocycles. The van der Waals surface area contributed by atoms with Gasteiger partial charge in [-0.2, -0.15) is 0 Å². The highest BCUT2D eigenvalue weighted by Crippen LogP contribution is 2.68. The fraction of sp³-hybridized carbons (Fsp3) is 0.966. The van der Waals surface area contributed by atoms with Crippen LogP contribution in [-0.4, -0.2) is 16.9 Å². The van der Waals surface area contributed by atoms with Gasteiger partial charge in [-0.3, -0.25) is 0 Å². The Labute approximate surface area is 213 Å². The molecule has 0 aliphatic heterocycles. The minimum absolute atomic E-state index is 0.00327. The number of alkyl halides is 2. The highest BCUT2D eigenvalue weighted by atomic mass is 35.5. The van der Waals surface area contributed by atoms with Gasteiger partial charge >= 0.3 is 5.97 Å². The zero-order valence-electron chi connectivity index (χ0n) is 21.8. The van der Waals surface area contributed by atoms with Crippen LogP contribution in [0.4, 0.5) is 0 Å². The smallest absolute Gasteiger partial charge is 0.339 e. The maximum absolute atomic E-state index is 11.9. The average molecular weight is 500 g/mol. The molecule has 0 bridgehead atoms. The monoisotopic (exact) mass is 498 g/mol. The minimum Gasteiger partial charge on any atom is -0.460 e. The first kappa shape index (κ1) is 26.1. The second kappa shape index (κ2) is 10.2. The van der Waals surface area contributed by atoms with Gasteiger partial charge in [-0.25, -0.2) is 4.79 Å². The first-order chi connectivity index (χ1) is 15.6. The molecule has 0 N–H and O–H groups in total. The van der Waals surface area contributed by atoms with Crippen molar-refractivity contribution in [1.82, 2.24) is 0 Å². The Morgan fingerprint density at radius 3 is 2.30 bits per heavy atom. The van der Waals surface area contributed by atoms with Gasteiger partial charge in [0.2, 0.25) is 4.84 Å². The van der Waals surface area contributed by atoms with E-state index in [9.17, 15) is 4.79 Å². The number of carbonyl (C=O) groups excluding carboxylic acids is 1. The van der Waals surface area contributed by atoms with Gasteiger partial charge in [0.15, 0.2) is 0 Å². The van der Waals surface area contributed by atoms with E-state index in [4.69, 9.17) is 27.9 Å². The number of fused-ring (bicyclic) bond motifs is 5. The number of carbonyl (C=O) groups is 1. The third-order valence-corrected chi connectivity index (χ3v) is 11.6. The molecular weight excluding hydrogens is 451 g/mol. The molecule has 0 heterocycles. The van der Waals surface area contributed by atoms with Crippen LogP contribution in [0.15, 0.2) is 0 Å². The van der Waals surface area contributed by atoms with Crippen molar-refractivity contribution >= 4 is 29.2 Å². The zero-order chi connectivity index (χ0) is 24.0. The second-order valence-electron chi connectivity index (χ2n) is 13.3. The van der Waals surface area contributed by atoms with E-state index >= 15 is 0 Å². The lowest BCUT2D eigenvalue weighted by atomic mass is 9.44. The van der Waals surface area contributed by atoms with Crippen LogP contribution < -0.4 is 0 Å². The molecule has 0 unspecified atom stereocenters. The van der Waals surface area contributed by atoms with Gasteiger partial charge in [0.05, 0.1) is 0 Å². The lowest BCUT2D eigenvalue weighted by molar-refractivity contribution is -0.161. The summed E-state index contributed by atoms with van der Waals surface area (Å²) in [5.41, 5.74) is 0.972. The van der Waals surface area contributed by atoms with Crippen LogP contribution in [0.5, 0.6) is 0 Å². The number of hydrogen-bond donors (Lipinski definition) is 0. The molecule has 2 nitrogen and oxygen atoms in total. The standard InChI is InChI=1S/C29H48Cl2O2/c1-18(2)7-6-8-19(3)23-11-12-24-22-10-9-20-17-21(33-27(32)26(30)31)13-15-28(20,4)25(22)14-16-29(23,24)5/h18-26H,6-17H2,1-5H3/t19-,20+,21+,22+,23-,24+,25+,28+,29-/m1/s1. The number of hydrogen-bond acceptors (Lipinski definition) is 2. The summed E-state index contributed by atoms with van der Waals surface area (Å²) < 4.78 is 5.65. The second-order valence-corrected chi connectivity index (χ2v) is 14.4. The summed E-state index contributed by atoms with van der Waals surface area (Å²) in [4.78, 5) is 10.9. The molecular formula is C29H48Cl2O2. The SMILES string of the molecule is CC(C)CCC[C@@H](C)[C@H]1CC[C@H]2[C@@H]3CC[C@H]4C[C@@H](OC(=O)C(Cl)Cl)CC[C@]4(C)[C@H]3CC[C@]12C. The van der Waals surface area contributed by atoms with Gasteiger partial charge in [0.25, 0.3) is 0 Å². The van der Waals surface area contributed by atoms with Crippen LogP contribution >= 0.6 is 23.2 Å². The Morgan fingerprint density at radius 2 is 1.61 bits per heavy atom. The van der Waals surface area contributed by atoms with Crippen molar-refractivity contribution in [3.8, 4) is 0 Å². The normalized spacial score (nSPS) is 43.7. The fourth-order valence-electron chi connectivity index (χ4n) is 9.57. The summed E-state index contributed by atoms with van der Waals surface area (Å²) in [5.74, 6) is 5.53. The highest BCUT2D eigenvalue weighted by molar-refractivity contribution is 6.52. The molecule has 0 radical (unpaired) electrons. The molecule has 4 aliphatic rings. The number of ether oxygens (including phenoxy) is 1. The van der Waals surface area contributed by atoms with E-state index in [1.165, 1.54) is 64.2 Å². The van der Waals surface area contributed by atoms with E-state index in [1.54, 1.807) is 0 Å². The summed E-state index contributed by atoms with van der Waals surface area (Å²) in [7, 11) is 0. The van der Waals surface area contributed by atoms with Crippen molar-refractivity contribution in [3.05, 3.63) is 0 Å². The van der Waals surface area contributed by atoms with Gasteiger partial charge in [0, 0.05) is 0 Å². The lowest BCUT2D eigenvalue weighted by Gasteiger charge is -2.61. The zero-order valence-corrected chi connectivity index (χ0v) is 23.3. The highest BCUT2D eigenvalue weighted by Gasteiger charge is 2.60. The van der Waals surface area contributed by atoms with Crippen molar-refractivity contribution in [1.29, 1.82) is 0 Å². The van der Waals surface area contributed by atoms with Gasteiger partial charge in [-0.05, 0) is 110 Å². The summed E-state index contributed by atoms with van der Waals surface area (Å²) in [6.45, 7) is 12.6. The van der Waals surface area contributed by atoms with Gasteiger partial charge < -0.3 is 4.74 Å². The summed E-state index contributed by atoms with van der Waals surface area (Å²) in [6.07, 6.45) is 15.8. The third-order valence-electron chi connectivity index (χ3n) is 11.3. The Morgan fingerprint density at radius 1 is 0.909 bits per heavy atom. The van der Waals surface area contributed by atoms with E-state index in [0.717, 1.165) is 48.3 Å². The van der Waals surface area contributed by atoms with E-state index < -0.39 is 10.8 Å². The molecule has 9 atom stereocenters. The molecule has 0 amide bonds. The van der Waals surface area contributed by atoms with Crippen molar-refractivity contribution in [2.75, 3.05) is 0 Å². The Hall–Kier alpha value is 0.0500. The van der Waals surface area contributed by atoms with E-state index in [2.05, 4.69) is 34.6 Å². The third kappa shape index (κ3) is 5.00.